The number of anilines is 1. The molecule has 19 heavy (non-hydrogen) atoms. The van der Waals surface area contributed by atoms with Gasteiger partial charge in [-0.05, 0) is 30.3 Å². The van der Waals surface area contributed by atoms with Gasteiger partial charge in [-0.2, -0.15) is 0 Å². The van der Waals surface area contributed by atoms with Gasteiger partial charge in [0.05, 0.1) is 10.6 Å². The van der Waals surface area contributed by atoms with Crippen LogP contribution in [-0.2, 0) is 0 Å². The van der Waals surface area contributed by atoms with E-state index in [0.717, 1.165) is 5.69 Å². The lowest BCUT2D eigenvalue weighted by Crippen LogP contribution is -2.06. The molecular formula is C13H10N4O2. The van der Waals surface area contributed by atoms with E-state index in [0.29, 0.717) is 10.9 Å². The quantitative estimate of drug-likeness (QED) is 0.576. The lowest BCUT2D eigenvalue weighted by molar-refractivity contribution is -0.383. The molecule has 0 saturated carbocycles. The van der Waals surface area contributed by atoms with Gasteiger partial charge in [-0.25, -0.2) is 4.98 Å². The molecule has 3 rings (SSSR count). The summed E-state index contributed by atoms with van der Waals surface area (Å²) < 4.78 is 1.77. The first kappa shape index (κ1) is 11.2. The zero-order valence-corrected chi connectivity index (χ0v) is 9.85. The van der Waals surface area contributed by atoms with Crippen LogP contribution < -0.4 is 5.43 Å². The van der Waals surface area contributed by atoms with Crippen molar-refractivity contribution in [2.24, 2.45) is 0 Å². The van der Waals surface area contributed by atoms with Gasteiger partial charge in [-0.15, -0.1) is 0 Å². The number of nitro benzene ring substituents is 1. The third-order valence-electron chi connectivity index (χ3n) is 2.80. The smallest absolute Gasteiger partial charge is 0.294 e. The predicted molar refractivity (Wildman–Crippen MR) is 71.9 cm³/mol. The van der Waals surface area contributed by atoms with Gasteiger partial charge in [0.15, 0.2) is 0 Å². The molecule has 0 radical (unpaired) electrons. The first-order chi connectivity index (χ1) is 9.25. The van der Waals surface area contributed by atoms with Gasteiger partial charge in [0, 0.05) is 30.0 Å². The Morgan fingerprint density at radius 3 is 2.68 bits per heavy atom. The fourth-order valence-electron chi connectivity index (χ4n) is 1.95. The molecule has 0 saturated heterocycles. The first-order valence-electron chi connectivity index (χ1n) is 5.68. The molecule has 0 bridgehead atoms. The molecule has 1 aromatic carbocycles. The lowest BCUT2D eigenvalue weighted by Gasteiger charge is -2.10. The molecule has 0 atom stereocenters. The molecule has 0 aliphatic carbocycles. The maximum Gasteiger partial charge on any atom is 0.295 e. The number of nitrogens with one attached hydrogen (secondary N) is 1. The van der Waals surface area contributed by atoms with Gasteiger partial charge in [0.25, 0.3) is 5.69 Å². The zero-order chi connectivity index (χ0) is 13.2. The van der Waals surface area contributed by atoms with E-state index < -0.39 is 4.92 Å². The molecule has 1 N–H and O–H groups in total. The van der Waals surface area contributed by atoms with Crippen molar-refractivity contribution in [2.75, 3.05) is 5.43 Å². The van der Waals surface area contributed by atoms with Gasteiger partial charge < -0.3 is 0 Å². The summed E-state index contributed by atoms with van der Waals surface area (Å²) in [5, 5.41) is 11.7. The van der Waals surface area contributed by atoms with E-state index in [1.54, 1.807) is 29.1 Å². The Morgan fingerprint density at radius 2 is 1.95 bits per heavy atom. The number of nitrogens with zero attached hydrogens (tertiary/aromatic N) is 3. The number of non-ortho nitro benzene ring substituents is 1. The standard InChI is InChI=1S/C13H10N4O2/c18-17(19)12-6-5-11(15-16-8-1-2-9-16)10-4-3-7-14-13(10)12/h1-9,15H. The van der Waals surface area contributed by atoms with E-state index in [2.05, 4.69) is 10.4 Å². The number of aromatic nitrogens is 2. The highest BCUT2D eigenvalue weighted by Crippen LogP contribution is 2.29. The average molecular weight is 254 g/mol. The first-order valence-corrected chi connectivity index (χ1v) is 5.68. The molecule has 0 amide bonds. The van der Waals surface area contributed by atoms with Gasteiger partial charge in [-0.1, -0.05) is 0 Å². The SMILES string of the molecule is O=[N+]([O-])c1ccc(Nn2cccc2)c2cccnc12. The summed E-state index contributed by atoms with van der Waals surface area (Å²) in [6, 6.07) is 10.5. The molecule has 0 unspecified atom stereocenters. The van der Waals surface area contributed by atoms with Crippen LogP contribution in [0.2, 0.25) is 0 Å². The van der Waals surface area contributed by atoms with E-state index in [-0.39, 0.29) is 5.69 Å². The summed E-state index contributed by atoms with van der Waals surface area (Å²) in [5.74, 6) is 0. The van der Waals surface area contributed by atoms with Crippen LogP contribution >= 0.6 is 0 Å². The molecule has 2 heterocycles. The molecule has 3 aromatic rings. The van der Waals surface area contributed by atoms with E-state index in [1.807, 2.05) is 24.5 Å². The Bertz CT molecular complexity index is 737. The van der Waals surface area contributed by atoms with E-state index >= 15 is 0 Å². The van der Waals surface area contributed by atoms with Crippen molar-refractivity contribution in [3.05, 3.63) is 65.1 Å². The maximum absolute atomic E-state index is 11.0. The van der Waals surface area contributed by atoms with E-state index in [9.17, 15) is 10.1 Å². The number of benzene rings is 1. The second kappa shape index (κ2) is 4.41. The summed E-state index contributed by atoms with van der Waals surface area (Å²) in [4.78, 5) is 14.7. The number of hydrogen-bond acceptors (Lipinski definition) is 4. The maximum atomic E-state index is 11.0. The summed E-state index contributed by atoms with van der Waals surface area (Å²) >= 11 is 0. The van der Waals surface area contributed by atoms with Crippen molar-refractivity contribution in [1.82, 2.24) is 9.66 Å². The molecule has 0 spiro atoms. The summed E-state index contributed by atoms with van der Waals surface area (Å²) in [7, 11) is 0. The van der Waals surface area contributed by atoms with Crippen LogP contribution in [0.15, 0.2) is 55.0 Å². The monoisotopic (exact) mass is 254 g/mol. The van der Waals surface area contributed by atoms with Crippen LogP contribution in [0, 0.1) is 10.1 Å². The number of rotatable bonds is 3. The Morgan fingerprint density at radius 1 is 1.16 bits per heavy atom. The third kappa shape index (κ3) is 1.99. The highest BCUT2D eigenvalue weighted by atomic mass is 16.6. The number of fused-ring (bicyclic) bond motifs is 1. The molecule has 2 aromatic heterocycles. The molecule has 6 heteroatoms. The van der Waals surface area contributed by atoms with E-state index in [4.69, 9.17) is 0 Å². The Hall–Kier alpha value is -2.89. The lowest BCUT2D eigenvalue weighted by atomic mass is 10.1. The van der Waals surface area contributed by atoms with Crippen LogP contribution in [0.4, 0.5) is 11.4 Å². The number of nitro groups is 1. The third-order valence-corrected chi connectivity index (χ3v) is 2.80. The summed E-state index contributed by atoms with van der Waals surface area (Å²) in [6.07, 6.45) is 5.25. The molecule has 0 aliphatic heterocycles. The highest BCUT2D eigenvalue weighted by Gasteiger charge is 2.15. The second-order valence-electron chi connectivity index (χ2n) is 3.99. The molecular weight excluding hydrogens is 244 g/mol. The number of hydrogen-bond donors (Lipinski definition) is 1. The van der Waals surface area contributed by atoms with Crippen molar-refractivity contribution in [2.45, 2.75) is 0 Å². The number of pyridine rings is 1. The van der Waals surface area contributed by atoms with Crippen molar-refractivity contribution in [1.29, 1.82) is 0 Å². The molecule has 6 nitrogen and oxygen atoms in total. The van der Waals surface area contributed by atoms with Crippen molar-refractivity contribution >= 4 is 22.3 Å². The van der Waals surface area contributed by atoms with Crippen LogP contribution in [-0.4, -0.2) is 14.6 Å². The fourth-order valence-corrected chi connectivity index (χ4v) is 1.95. The minimum Gasteiger partial charge on any atom is -0.294 e. The van der Waals surface area contributed by atoms with Crippen molar-refractivity contribution in [3.8, 4) is 0 Å². The zero-order valence-electron chi connectivity index (χ0n) is 9.85. The van der Waals surface area contributed by atoms with Crippen molar-refractivity contribution in [3.63, 3.8) is 0 Å². The summed E-state index contributed by atoms with van der Waals surface area (Å²) in [6.45, 7) is 0. The molecule has 0 fully saturated rings. The van der Waals surface area contributed by atoms with Gasteiger partial charge in [0.1, 0.15) is 5.52 Å². The van der Waals surface area contributed by atoms with E-state index in [1.165, 1.54) is 6.07 Å². The molecule has 0 aliphatic rings. The topological polar surface area (TPSA) is 73.0 Å². The molecule has 94 valence electrons. The normalized spacial score (nSPS) is 10.5. The largest absolute Gasteiger partial charge is 0.295 e. The van der Waals surface area contributed by atoms with Gasteiger partial charge in [-0.3, -0.25) is 20.2 Å². The van der Waals surface area contributed by atoms with Crippen LogP contribution in [0.3, 0.4) is 0 Å². The fraction of sp³-hybridized carbons (Fsp3) is 0. The Kier molecular flexibility index (Phi) is 2.60. The average Bonchev–Trinajstić information content (AvgIpc) is 2.91. The Balaban J connectivity index is 2.16. The van der Waals surface area contributed by atoms with Crippen LogP contribution in [0.5, 0.6) is 0 Å². The predicted octanol–water partition coefficient (Wildman–Crippen LogP) is 2.82. The van der Waals surface area contributed by atoms with Crippen LogP contribution in [0.1, 0.15) is 0 Å². The highest BCUT2D eigenvalue weighted by molar-refractivity contribution is 5.96. The van der Waals surface area contributed by atoms with Crippen LogP contribution in [0.25, 0.3) is 10.9 Å². The van der Waals surface area contributed by atoms with Gasteiger partial charge in [0.2, 0.25) is 0 Å². The summed E-state index contributed by atoms with van der Waals surface area (Å²) in [5.41, 5.74) is 4.30. The van der Waals surface area contributed by atoms with Crippen molar-refractivity contribution < 1.29 is 4.92 Å². The Labute approximate surface area is 108 Å². The minimum absolute atomic E-state index is 0.00801. The minimum atomic E-state index is -0.422. The van der Waals surface area contributed by atoms with Gasteiger partial charge >= 0.3 is 0 Å². The second-order valence-corrected chi connectivity index (χ2v) is 3.99.